The molecule has 0 amide bonds. The van der Waals surface area contributed by atoms with Crippen LogP contribution in [0.4, 0.5) is 0 Å². The second-order valence-corrected chi connectivity index (χ2v) is 8.18. The van der Waals surface area contributed by atoms with E-state index in [0.29, 0.717) is 16.9 Å². The van der Waals surface area contributed by atoms with Crippen molar-refractivity contribution in [2.75, 3.05) is 5.84 Å². The number of rotatable bonds is 1. The van der Waals surface area contributed by atoms with Gasteiger partial charge in [0.2, 0.25) is 12.9 Å². The Bertz CT molecular complexity index is 698. The van der Waals surface area contributed by atoms with Gasteiger partial charge in [0.25, 0.3) is 0 Å². The fourth-order valence-electron chi connectivity index (χ4n) is 2.48. The van der Waals surface area contributed by atoms with E-state index in [9.17, 15) is 4.57 Å². The maximum atomic E-state index is 13.6. The molecule has 0 spiro atoms. The Morgan fingerprint density at radius 2 is 1.84 bits per heavy atom. The molecule has 1 aromatic heterocycles. The third kappa shape index (κ3) is 1.60. The lowest BCUT2D eigenvalue weighted by molar-refractivity contribution is -0.620. The van der Waals surface area contributed by atoms with Gasteiger partial charge in [-0.2, -0.15) is 0 Å². The van der Waals surface area contributed by atoms with Crippen molar-refractivity contribution < 1.29 is 14.0 Å². The lowest BCUT2D eigenvalue weighted by Crippen LogP contribution is -2.59. The molecule has 2 heterocycles. The zero-order valence-corrected chi connectivity index (χ0v) is 11.8. The maximum Gasteiger partial charge on any atom is 0.314 e. The number of fused-ring (bicyclic) bond motifs is 2. The van der Waals surface area contributed by atoms with E-state index >= 15 is 0 Å². The molecule has 0 radical (unpaired) electrons. The molecule has 2 N–H and O–H groups in total. The predicted molar refractivity (Wildman–Crippen MR) is 75.3 cm³/mol. The molecule has 1 unspecified atom stereocenters. The van der Waals surface area contributed by atoms with E-state index in [1.54, 1.807) is 12.3 Å². The van der Waals surface area contributed by atoms with Gasteiger partial charge < -0.3 is 9.30 Å². The summed E-state index contributed by atoms with van der Waals surface area (Å²) in [6, 6.07) is 11.1. The van der Waals surface area contributed by atoms with Crippen molar-refractivity contribution in [1.29, 1.82) is 0 Å². The molecular formula is C14H16N2O2P+. The maximum absolute atomic E-state index is 13.6. The Balaban J connectivity index is 2.39. The molecule has 0 saturated carbocycles. The average Bonchev–Trinajstić information content (AvgIpc) is 2.38. The largest absolute Gasteiger partial charge is 0.449 e. The van der Waals surface area contributed by atoms with Crippen LogP contribution < -0.4 is 26.0 Å². The number of aromatic nitrogens is 1. The van der Waals surface area contributed by atoms with E-state index < -0.39 is 7.14 Å². The smallest absolute Gasteiger partial charge is 0.314 e. The first-order valence-electron chi connectivity index (χ1n) is 6.22. The van der Waals surface area contributed by atoms with Crippen molar-refractivity contribution in [2.24, 2.45) is 0 Å². The minimum absolute atomic E-state index is 0.0338. The highest BCUT2D eigenvalue weighted by atomic mass is 31.2. The summed E-state index contributed by atoms with van der Waals surface area (Å²) in [7, 11) is -2.79. The molecule has 2 aromatic rings. The molecule has 1 aromatic carbocycles. The molecule has 98 valence electrons. The number of pyridine rings is 1. The molecule has 1 aliphatic heterocycles. The third-order valence-electron chi connectivity index (χ3n) is 3.44. The van der Waals surface area contributed by atoms with Crippen molar-refractivity contribution in [3.63, 3.8) is 0 Å². The highest BCUT2D eigenvalue weighted by Crippen LogP contribution is 2.54. The minimum atomic E-state index is -2.79. The van der Waals surface area contributed by atoms with E-state index in [4.69, 9.17) is 10.6 Å². The van der Waals surface area contributed by atoms with Gasteiger partial charge in [-0.25, -0.2) is 5.84 Å². The molecule has 4 nitrogen and oxygen atoms in total. The summed E-state index contributed by atoms with van der Waals surface area (Å²) in [5.74, 6) is 7.23. The van der Waals surface area contributed by atoms with Gasteiger partial charge in [-0.05, 0) is 18.2 Å². The fourth-order valence-corrected chi connectivity index (χ4v) is 5.37. The summed E-state index contributed by atoms with van der Waals surface area (Å²) < 4.78 is 20.9. The summed E-state index contributed by atoms with van der Waals surface area (Å²) >= 11 is 0. The summed E-state index contributed by atoms with van der Waals surface area (Å²) in [6.07, 6.45) is 1.70. The second-order valence-electron chi connectivity index (χ2n) is 4.92. The number of ether oxygens (including phenoxy) is 1. The zero-order valence-electron chi connectivity index (χ0n) is 10.9. The second kappa shape index (κ2) is 4.10. The van der Waals surface area contributed by atoms with Crippen LogP contribution in [0, 0.1) is 0 Å². The number of hydrogen-bond acceptors (Lipinski definition) is 3. The van der Waals surface area contributed by atoms with Crippen LogP contribution in [0.5, 0.6) is 11.5 Å². The van der Waals surface area contributed by atoms with Crippen molar-refractivity contribution >= 4 is 17.9 Å². The summed E-state index contributed by atoms with van der Waals surface area (Å²) in [6.45, 7) is 3.92. The van der Waals surface area contributed by atoms with Crippen LogP contribution in [-0.4, -0.2) is 5.66 Å². The van der Waals surface area contributed by atoms with Crippen molar-refractivity contribution in [2.45, 2.75) is 19.5 Å². The van der Waals surface area contributed by atoms with E-state index in [-0.39, 0.29) is 5.66 Å². The van der Waals surface area contributed by atoms with Gasteiger partial charge in [0.05, 0.1) is 5.30 Å². The molecule has 0 bridgehead atoms. The lowest BCUT2D eigenvalue weighted by atomic mass is 10.3. The van der Waals surface area contributed by atoms with Gasteiger partial charge in [0, 0.05) is 11.7 Å². The molecule has 0 aliphatic carbocycles. The quantitative estimate of drug-likeness (QED) is 0.487. The van der Waals surface area contributed by atoms with Crippen LogP contribution >= 0.6 is 7.14 Å². The van der Waals surface area contributed by atoms with Crippen LogP contribution in [0.2, 0.25) is 0 Å². The fraction of sp³-hybridized carbons (Fsp3) is 0.214. The predicted octanol–water partition coefficient (Wildman–Crippen LogP) is 1.52. The normalized spacial score (nSPS) is 20.6. The van der Waals surface area contributed by atoms with Crippen molar-refractivity contribution in [3.8, 4) is 11.5 Å². The molecule has 1 aliphatic rings. The molecule has 19 heavy (non-hydrogen) atoms. The van der Waals surface area contributed by atoms with E-state index in [0.717, 1.165) is 5.30 Å². The van der Waals surface area contributed by atoms with E-state index in [1.807, 2.05) is 44.2 Å². The first-order valence-corrected chi connectivity index (χ1v) is 8.00. The van der Waals surface area contributed by atoms with Gasteiger partial charge >= 0.3 is 5.44 Å². The van der Waals surface area contributed by atoms with Gasteiger partial charge in [-0.3, -0.25) is 0 Å². The number of benzene rings is 1. The monoisotopic (exact) mass is 275 g/mol. The Morgan fingerprint density at radius 3 is 2.58 bits per heavy atom. The number of para-hydroxylation sites is 1. The Morgan fingerprint density at radius 1 is 1.16 bits per heavy atom. The van der Waals surface area contributed by atoms with Crippen LogP contribution in [0.3, 0.4) is 0 Å². The third-order valence-corrected chi connectivity index (χ3v) is 7.06. The van der Waals surface area contributed by atoms with Crippen LogP contribution in [-0.2, 0) is 4.57 Å². The van der Waals surface area contributed by atoms with Gasteiger partial charge in [0.15, 0.2) is 6.20 Å². The topological polar surface area (TPSA) is 56.2 Å². The summed E-state index contributed by atoms with van der Waals surface area (Å²) in [4.78, 5) is 0. The molecule has 5 heteroatoms. The van der Waals surface area contributed by atoms with Crippen LogP contribution in [0.25, 0.3) is 0 Å². The number of nitrogens with two attached hydrogens (primary N) is 1. The van der Waals surface area contributed by atoms with Crippen LogP contribution in [0.15, 0.2) is 42.6 Å². The SMILES string of the molecule is CC(C)P1(=O)c2ccccc2Oc2ccc[n+](N)c21. The first kappa shape index (κ1) is 12.2. The molecule has 3 rings (SSSR count). The molecule has 0 fully saturated rings. The molecular weight excluding hydrogens is 259 g/mol. The van der Waals surface area contributed by atoms with Gasteiger partial charge in [-0.1, -0.05) is 30.7 Å². The number of hydrogen-bond donors (Lipinski definition) is 1. The molecule has 1 atom stereocenters. The Kier molecular flexibility index (Phi) is 2.64. The minimum Gasteiger partial charge on any atom is -0.449 e. The zero-order chi connectivity index (χ0) is 13.6. The van der Waals surface area contributed by atoms with E-state index in [1.165, 1.54) is 4.68 Å². The highest BCUT2D eigenvalue weighted by Gasteiger charge is 2.47. The number of nitrogen functional groups attached to an aromatic ring is 1. The van der Waals surface area contributed by atoms with Crippen molar-refractivity contribution in [3.05, 3.63) is 42.6 Å². The Hall–Kier alpha value is -1.80. The summed E-state index contributed by atoms with van der Waals surface area (Å²) in [5, 5.41) is 0.753. The highest BCUT2D eigenvalue weighted by molar-refractivity contribution is 7.79. The van der Waals surface area contributed by atoms with Gasteiger partial charge in [-0.15, -0.1) is 0 Å². The molecule has 0 saturated heterocycles. The standard InChI is InChI=1S/C14H16N2O2P/c1-10(2)19(17)13-8-4-3-6-11(13)18-12-7-5-9-16(15)14(12)19/h3-10H,15H2,1-2H3/q+1. The number of nitrogens with zero attached hydrogens (tertiary/aromatic N) is 1. The Labute approximate surface area is 112 Å². The lowest BCUT2D eigenvalue weighted by Gasteiger charge is -2.27. The average molecular weight is 275 g/mol. The van der Waals surface area contributed by atoms with Crippen LogP contribution in [0.1, 0.15) is 13.8 Å². The first-order chi connectivity index (χ1) is 9.05. The van der Waals surface area contributed by atoms with Gasteiger partial charge in [0.1, 0.15) is 5.75 Å². The van der Waals surface area contributed by atoms with E-state index in [2.05, 4.69) is 0 Å². The van der Waals surface area contributed by atoms with Crippen molar-refractivity contribution in [1.82, 2.24) is 0 Å². The summed E-state index contributed by atoms with van der Waals surface area (Å²) in [5.41, 5.74) is 0.553.